The Kier molecular flexibility index (Phi) is 3.22. The fourth-order valence-corrected chi connectivity index (χ4v) is 1.78. The molecule has 1 fully saturated rings. The zero-order chi connectivity index (χ0) is 12.4. The van der Waals surface area contributed by atoms with Crippen molar-refractivity contribution < 1.29 is 14.3 Å². The first kappa shape index (κ1) is 11.8. The van der Waals surface area contributed by atoms with Gasteiger partial charge in [-0.05, 0) is 37.8 Å². The molecule has 0 atom stereocenters. The number of rotatable bonds is 3. The number of carbonyl (C=O) groups excluding carboxylic acids is 1. The monoisotopic (exact) mass is 235 g/mol. The molecule has 2 rings (SSSR count). The first-order valence-electron chi connectivity index (χ1n) is 5.77. The van der Waals surface area contributed by atoms with Crippen LogP contribution in [0, 0.1) is 6.92 Å². The molecule has 92 valence electrons. The Morgan fingerprint density at radius 2 is 2.12 bits per heavy atom. The molecule has 0 heterocycles. The van der Waals surface area contributed by atoms with Crippen LogP contribution >= 0.6 is 0 Å². The van der Waals surface area contributed by atoms with Crippen molar-refractivity contribution in [2.45, 2.75) is 32.3 Å². The van der Waals surface area contributed by atoms with Crippen molar-refractivity contribution in [1.82, 2.24) is 0 Å². The van der Waals surface area contributed by atoms with Crippen LogP contribution in [0.15, 0.2) is 12.1 Å². The van der Waals surface area contributed by atoms with Gasteiger partial charge >= 0.3 is 5.97 Å². The molecule has 0 saturated heterocycles. The summed E-state index contributed by atoms with van der Waals surface area (Å²) >= 11 is 0. The van der Waals surface area contributed by atoms with Crippen molar-refractivity contribution in [3.05, 3.63) is 23.3 Å². The third-order valence-electron chi connectivity index (χ3n) is 3.18. The van der Waals surface area contributed by atoms with E-state index in [2.05, 4.69) is 0 Å². The van der Waals surface area contributed by atoms with Crippen LogP contribution < -0.4 is 10.5 Å². The summed E-state index contributed by atoms with van der Waals surface area (Å²) in [6.07, 6.45) is 3.61. The Balaban J connectivity index is 2.27. The van der Waals surface area contributed by atoms with Gasteiger partial charge in [-0.25, -0.2) is 4.79 Å². The molecule has 1 aliphatic rings. The summed E-state index contributed by atoms with van der Waals surface area (Å²) in [5.74, 6) is 0.270. The van der Waals surface area contributed by atoms with Gasteiger partial charge in [-0.15, -0.1) is 0 Å². The van der Waals surface area contributed by atoms with Crippen molar-refractivity contribution in [1.29, 1.82) is 0 Å². The van der Waals surface area contributed by atoms with Gasteiger partial charge in [-0.2, -0.15) is 0 Å². The molecule has 1 aromatic carbocycles. The summed E-state index contributed by atoms with van der Waals surface area (Å²) in [4.78, 5) is 11.6. The maximum atomic E-state index is 11.6. The number of hydrogen-bond acceptors (Lipinski definition) is 4. The van der Waals surface area contributed by atoms with Crippen molar-refractivity contribution >= 4 is 11.7 Å². The summed E-state index contributed by atoms with van der Waals surface area (Å²) in [6.45, 7) is 1.80. The second-order valence-corrected chi connectivity index (χ2v) is 4.35. The van der Waals surface area contributed by atoms with Crippen LogP contribution in [-0.2, 0) is 4.74 Å². The molecule has 1 aliphatic carbocycles. The molecule has 0 spiro atoms. The number of nitrogen functional groups attached to an aromatic ring is 1. The summed E-state index contributed by atoms with van der Waals surface area (Å²) in [7, 11) is 1.36. The molecular weight excluding hydrogens is 218 g/mol. The zero-order valence-corrected chi connectivity index (χ0v) is 10.2. The average molecular weight is 235 g/mol. The van der Waals surface area contributed by atoms with Gasteiger partial charge in [0, 0.05) is 11.8 Å². The van der Waals surface area contributed by atoms with Crippen molar-refractivity contribution in [3.63, 3.8) is 0 Å². The minimum Gasteiger partial charge on any atom is -0.490 e. The first-order chi connectivity index (χ1) is 8.11. The van der Waals surface area contributed by atoms with E-state index >= 15 is 0 Å². The fraction of sp³-hybridized carbons (Fsp3) is 0.462. The van der Waals surface area contributed by atoms with Crippen LogP contribution in [-0.4, -0.2) is 19.2 Å². The second-order valence-electron chi connectivity index (χ2n) is 4.35. The molecule has 4 nitrogen and oxygen atoms in total. The largest absolute Gasteiger partial charge is 0.490 e. The predicted octanol–water partition coefficient (Wildman–Crippen LogP) is 2.30. The number of anilines is 1. The number of benzene rings is 1. The third kappa shape index (κ3) is 2.35. The molecule has 4 heteroatoms. The van der Waals surface area contributed by atoms with Gasteiger partial charge in [0.1, 0.15) is 5.75 Å². The lowest BCUT2D eigenvalue weighted by Crippen LogP contribution is -2.24. The fourth-order valence-electron chi connectivity index (χ4n) is 1.78. The van der Waals surface area contributed by atoms with Crippen LogP contribution in [0.25, 0.3) is 0 Å². The number of carbonyl (C=O) groups is 1. The molecular formula is C13H17NO3. The Hall–Kier alpha value is -1.71. The number of ether oxygens (including phenoxy) is 2. The predicted molar refractivity (Wildman–Crippen MR) is 65.2 cm³/mol. The SMILES string of the molecule is COC(=O)c1cc(OC2CCC2)cc(N)c1C. The van der Waals surface area contributed by atoms with E-state index in [0.717, 1.165) is 18.4 Å². The van der Waals surface area contributed by atoms with E-state index < -0.39 is 0 Å². The molecule has 0 unspecified atom stereocenters. The maximum Gasteiger partial charge on any atom is 0.338 e. The molecule has 0 aromatic heterocycles. The van der Waals surface area contributed by atoms with Crippen LogP contribution in [0.5, 0.6) is 5.75 Å². The standard InChI is InChI=1S/C13H17NO3/c1-8-11(13(15)16-2)6-10(7-12(8)14)17-9-4-3-5-9/h6-7,9H,3-5,14H2,1-2H3. The highest BCUT2D eigenvalue weighted by Crippen LogP contribution is 2.29. The quantitative estimate of drug-likeness (QED) is 0.645. The van der Waals surface area contributed by atoms with E-state index in [1.165, 1.54) is 13.5 Å². The summed E-state index contributed by atoms with van der Waals surface area (Å²) in [5.41, 5.74) is 7.63. The smallest absolute Gasteiger partial charge is 0.338 e. The van der Waals surface area contributed by atoms with E-state index in [1.54, 1.807) is 19.1 Å². The minimum atomic E-state index is -0.381. The Morgan fingerprint density at radius 1 is 1.41 bits per heavy atom. The topological polar surface area (TPSA) is 61.5 Å². The van der Waals surface area contributed by atoms with E-state index in [0.29, 0.717) is 17.0 Å². The highest BCUT2D eigenvalue weighted by Gasteiger charge is 2.21. The van der Waals surface area contributed by atoms with Crippen LogP contribution in [0.2, 0.25) is 0 Å². The van der Waals surface area contributed by atoms with Crippen LogP contribution in [0.1, 0.15) is 35.2 Å². The van der Waals surface area contributed by atoms with E-state index in [1.807, 2.05) is 0 Å². The molecule has 17 heavy (non-hydrogen) atoms. The van der Waals surface area contributed by atoms with Gasteiger partial charge in [-0.3, -0.25) is 0 Å². The van der Waals surface area contributed by atoms with E-state index in [9.17, 15) is 4.79 Å². The Morgan fingerprint density at radius 3 is 2.65 bits per heavy atom. The lowest BCUT2D eigenvalue weighted by atomic mass is 9.96. The van der Waals surface area contributed by atoms with E-state index in [4.69, 9.17) is 15.2 Å². The van der Waals surface area contributed by atoms with Crippen molar-refractivity contribution in [3.8, 4) is 5.75 Å². The van der Waals surface area contributed by atoms with Gasteiger partial charge in [0.15, 0.2) is 0 Å². The highest BCUT2D eigenvalue weighted by atomic mass is 16.5. The molecule has 0 radical (unpaired) electrons. The molecule has 2 N–H and O–H groups in total. The zero-order valence-electron chi connectivity index (χ0n) is 10.2. The maximum absolute atomic E-state index is 11.6. The Labute approximate surface area is 101 Å². The number of hydrogen-bond donors (Lipinski definition) is 1. The normalized spacial score (nSPS) is 15.2. The molecule has 0 amide bonds. The lowest BCUT2D eigenvalue weighted by Gasteiger charge is -2.26. The van der Waals surface area contributed by atoms with Gasteiger partial charge in [0.05, 0.1) is 18.8 Å². The number of nitrogens with two attached hydrogens (primary N) is 1. The van der Waals surface area contributed by atoms with Crippen LogP contribution in [0.4, 0.5) is 5.69 Å². The molecule has 0 aliphatic heterocycles. The van der Waals surface area contributed by atoms with Crippen LogP contribution in [0.3, 0.4) is 0 Å². The third-order valence-corrected chi connectivity index (χ3v) is 3.18. The second kappa shape index (κ2) is 4.65. The molecule has 1 aromatic rings. The summed E-state index contributed by atoms with van der Waals surface area (Å²) in [5, 5.41) is 0. The summed E-state index contributed by atoms with van der Waals surface area (Å²) < 4.78 is 10.5. The van der Waals surface area contributed by atoms with E-state index in [-0.39, 0.29) is 12.1 Å². The van der Waals surface area contributed by atoms with Gasteiger partial charge in [0.25, 0.3) is 0 Å². The molecule has 1 saturated carbocycles. The average Bonchev–Trinajstić information content (AvgIpc) is 2.27. The minimum absolute atomic E-state index is 0.266. The van der Waals surface area contributed by atoms with Crippen molar-refractivity contribution in [2.24, 2.45) is 0 Å². The molecule has 0 bridgehead atoms. The van der Waals surface area contributed by atoms with Gasteiger partial charge in [0.2, 0.25) is 0 Å². The van der Waals surface area contributed by atoms with Gasteiger partial charge < -0.3 is 15.2 Å². The first-order valence-corrected chi connectivity index (χ1v) is 5.77. The lowest BCUT2D eigenvalue weighted by molar-refractivity contribution is 0.0598. The van der Waals surface area contributed by atoms with Gasteiger partial charge in [-0.1, -0.05) is 0 Å². The Bertz CT molecular complexity index is 439. The summed E-state index contributed by atoms with van der Waals surface area (Å²) in [6, 6.07) is 3.47. The van der Waals surface area contributed by atoms with Crippen molar-refractivity contribution in [2.75, 3.05) is 12.8 Å². The number of esters is 1. The highest BCUT2D eigenvalue weighted by molar-refractivity contribution is 5.93. The number of methoxy groups -OCH3 is 1.